The number of carbonyl (C=O) groups is 1. The van der Waals surface area contributed by atoms with Gasteiger partial charge in [-0.25, -0.2) is 4.79 Å². The van der Waals surface area contributed by atoms with Crippen LogP contribution in [-0.4, -0.2) is 36.2 Å². The summed E-state index contributed by atoms with van der Waals surface area (Å²) in [6.45, 7) is 13.5. The van der Waals surface area contributed by atoms with Gasteiger partial charge in [-0.3, -0.25) is 0 Å². The minimum Gasteiger partial charge on any atom is -0.465 e. The summed E-state index contributed by atoms with van der Waals surface area (Å²) in [7, 11) is 0. The first-order valence-corrected chi connectivity index (χ1v) is 7.50. The molecule has 1 amide bonds. The van der Waals surface area contributed by atoms with Gasteiger partial charge in [-0.15, -0.1) is 0 Å². The van der Waals surface area contributed by atoms with Gasteiger partial charge in [0, 0.05) is 19.6 Å². The van der Waals surface area contributed by atoms with Crippen LogP contribution in [0.2, 0.25) is 0 Å². The molecule has 1 atom stereocenters. The second-order valence-electron chi connectivity index (χ2n) is 6.18. The maximum atomic E-state index is 12.0. The quantitative estimate of drug-likeness (QED) is 0.873. The minimum atomic E-state index is -0.461. The predicted molar refractivity (Wildman–Crippen MR) is 83.3 cm³/mol. The molecule has 0 aliphatic heterocycles. The number of ether oxygens (including phenoxy) is 1. The van der Waals surface area contributed by atoms with E-state index in [-0.39, 0.29) is 12.1 Å². The third kappa shape index (κ3) is 6.21. The maximum absolute atomic E-state index is 12.0. The van der Waals surface area contributed by atoms with Crippen LogP contribution in [0.5, 0.6) is 0 Å². The third-order valence-electron chi connectivity index (χ3n) is 3.05. The Morgan fingerprint density at radius 3 is 2.57 bits per heavy atom. The fourth-order valence-corrected chi connectivity index (χ4v) is 1.91. The number of amides is 1. The molecule has 5 heteroatoms. The van der Waals surface area contributed by atoms with Gasteiger partial charge in [-0.05, 0) is 53.7 Å². The first-order chi connectivity index (χ1) is 9.73. The SMILES string of the molecule is CCN(CCNC(C)c1ccc(C)o1)C(=O)OC(C)(C)C. The number of nitrogens with one attached hydrogen (secondary N) is 1. The first kappa shape index (κ1) is 17.6. The molecule has 0 spiro atoms. The number of hydrogen-bond donors (Lipinski definition) is 1. The number of likely N-dealkylation sites (N-methyl/N-ethyl adjacent to an activating group) is 1. The Labute approximate surface area is 127 Å². The number of rotatable bonds is 6. The number of furan rings is 1. The van der Waals surface area contributed by atoms with Crippen molar-refractivity contribution in [2.24, 2.45) is 0 Å². The highest BCUT2D eigenvalue weighted by Crippen LogP contribution is 2.15. The van der Waals surface area contributed by atoms with Crippen LogP contribution in [0.25, 0.3) is 0 Å². The highest BCUT2D eigenvalue weighted by Gasteiger charge is 2.21. The summed E-state index contributed by atoms with van der Waals surface area (Å²) in [4.78, 5) is 13.7. The average Bonchev–Trinajstić information content (AvgIpc) is 2.79. The van der Waals surface area contributed by atoms with Crippen LogP contribution in [0.1, 0.15) is 52.2 Å². The summed E-state index contributed by atoms with van der Waals surface area (Å²) < 4.78 is 11.0. The lowest BCUT2D eigenvalue weighted by molar-refractivity contribution is 0.0261. The molecule has 0 saturated heterocycles. The topological polar surface area (TPSA) is 54.7 Å². The molecule has 0 aliphatic rings. The van der Waals surface area contributed by atoms with Gasteiger partial charge in [-0.2, -0.15) is 0 Å². The molecule has 0 saturated carbocycles. The van der Waals surface area contributed by atoms with Crippen LogP contribution in [0.15, 0.2) is 16.5 Å². The van der Waals surface area contributed by atoms with Crippen molar-refractivity contribution in [2.45, 2.75) is 53.2 Å². The van der Waals surface area contributed by atoms with Crippen LogP contribution < -0.4 is 5.32 Å². The van der Waals surface area contributed by atoms with Crippen LogP contribution >= 0.6 is 0 Å². The zero-order valence-electron chi connectivity index (χ0n) is 14.0. The standard InChI is InChI=1S/C16H28N2O3/c1-7-18(15(19)21-16(4,5)6)11-10-17-13(3)14-9-8-12(2)20-14/h8-9,13,17H,7,10-11H2,1-6H3. The zero-order chi connectivity index (χ0) is 16.0. The Morgan fingerprint density at radius 2 is 2.10 bits per heavy atom. The molecular weight excluding hydrogens is 268 g/mol. The Bertz CT molecular complexity index is 449. The van der Waals surface area contributed by atoms with E-state index in [0.29, 0.717) is 19.6 Å². The summed E-state index contributed by atoms with van der Waals surface area (Å²) in [6.07, 6.45) is -0.270. The van der Waals surface area contributed by atoms with E-state index in [2.05, 4.69) is 5.32 Å². The highest BCUT2D eigenvalue weighted by atomic mass is 16.6. The molecular formula is C16H28N2O3. The molecule has 0 fully saturated rings. The monoisotopic (exact) mass is 296 g/mol. The number of aryl methyl sites for hydroxylation is 1. The van der Waals surface area contributed by atoms with Gasteiger partial charge in [0.15, 0.2) is 0 Å². The lowest BCUT2D eigenvalue weighted by Gasteiger charge is -2.27. The summed E-state index contributed by atoms with van der Waals surface area (Å²) in [6, 6.07) is 4.04. The van der Waals surface area contributed by atoms with E-state index in [1.165, 1.54) is 0 Å². The molecule has 0 radical (unpaired) electrons. The van der Waals surface area contributed by atoms with E-state index < -0.39 is 5.60 Å². The Morgan fingerprint density at radius 1 is 1.43 bits per heavy atom. The van der Waals surface area contributed by atoms with Crippen molar-refractivity contribution in [3.8, 4) is 0 Å². The van der Waals surface area contributed by atoms with Crippen LogP contribution in [-0.2, 0) is 4.74 Å². The molecule has 120 valence electrons. The van der Waals surface area contributed by atoms with E-state index in [1.54, 1.807) is 4.90 Å². The van der Waals surface area contributed by atoms with Gasteiger partial charge in [0.05, 0.1) is 6.04 Å². The van der Waals surface area contributed by atoms with Gasteiger partial charge in [-0.1, -0.05) is 0 Å². The van der Waals surface area contributed by atoms with Crippen LogP contribution in [0, 0.1) is 6.92 Å². The molecule has 5 nitrogen and oxygen atoms in total. The lowest BCUT2D eigenvalue weighted by Crippen LogP contribution is -2.40. The summed E-state index contributed by atoms with van der Waals surface area (Å²) >= 11 is 0. The lowest BCUT2D eigenvalue weighted by atomic mass is 10.2. The zero-order valence-corrected chi connectivity index (χ0v) is 14.0. The Balaban J connectivity index is 2.40. The second-order valence-corrected chi connectivity index (χ2v) is 6.18. The molecule has 0 aliphatic carbocycles. The number of nitrogens with zero attached hydrogens (tertiary/aromatic N) is 1. The smallest absolute Gasteiger partial charge is 0.410 e. The van der Waals surface area contributed by atoms with Crippen molar-refractivity contribution in [3.63, 3.8) is 0 Å². The molecule has 21 heavy (non-hydrogen) atoms. The fraction of sp³-hybridized carbons (Fsp3) is 0.688. The van der Waals surface area contributed by atoms with Crippen molar-refractivity contribution in [3.05, 3.63) is 23.7 Å². The van der Waals surface area contributed by atoms with Gasteiger partial charge in [0.2, 0.25) is 0 Å². The molecule has 1 heterocycles. The summed E-state index contributed by atoms with van der Waals surface area (Å²) in [5.74, 6) is 1.82. The maximum Gasteiger partial charge on any atom is 0.410 e. The molecule has 1 aromatic rings. The highest BCUT2D eigenvalue weighted by molar-refractivity contribution is 5.68. The van der Waals surface area contributed by atoms with E-state index in [4.69, 9.17) is 9.15 Å². The molecule has 0 bridgehead atoms. The van der Waals surface area contributed by atoms with Crippen molar-refractivity contribution >= 4 is 6.09 Å². The van der Waals surface area contributed by atoms with Crippen molar-refractivity contribution in [1.29, 1.82) is 0 Å². The van der Waals surface area contributed by atoms with Crippen molar-refractivity contribution in [2.75, 3.05) is 19.6 Å². The fourth-order valence-electron chi connectivity index (χ4n) is 1.91. The molecule has 1 unspecified atom stereocenters. The van der Waals surface area contributed by atoms with Gasteiger partial charge in [0.1, 0.15) is 17.1 Å². The van der Waals surface area contributed by atoms with E-state index in [0.717, 1.165) is 11.5 Å². The third-order valence-corrected chi connectivity index (χ3v) is 3.05. The molecule has 1 rings (SSSR count). The number of carbonyl (C=O) groups excluding carboxylic acids is 1. The first-order valence-electron chi connectivity index (χ1n) is 7.50. The number of hydrogen-bond acceptors (Lipinski definition) is 4. The van der Waals surface area contributed by atoms with Crippen LogP contribution in [0.3, 0.4) is 0 Å². The largest absolute Gasteiger partial charge is 0.465 e. The van der Waals surface area contributed by atoms with Crippen molar-refractivity contribution < 1.29 is 13.9 Å². The second kappa shape index (κ2) is 7.50. The molecule has 1 N–H and O–H groups in total. The van der Waals surface area contributed by atoms with Gasteiger partial charge in [0.25, 0.3) is 0 Å². The van der Waals surface area contributed by atoms with E-state index in [9.17, 15) is 4.79 Å². The Hall–Kier alpha value is -1.49. The Kier molecular flexibility index (Phi) is 6.27. The van der Waals surface area contributed by atoms with Crippen molar-refractivity contribution in [1.82, 2.24) is 10.2 Å². The van der Waals surface area contributed by atoms with Crippen LogP contribution in [0.4, 0.5) is 4.79 Å². The van der Waals surface area contributed by atoms with E-state index in [1.807, 2.05) is 53.7 Å². The molecule has 0 aromatic carbocycles. The van der Waals surface area contributed by atoms with Gasteiger partial charge < -0.3 is 19.4 Å². The minimum absolute atomic E-state index is 0.121. The summed E-state index contributed by atoms with van der Waals surface area (Å²) in [5.41, 5.74) is -0.461. The predicted octanol–water partition coefficient (Wildman–Crippen LogP) is 3.50. The van der Waals surface area contributed by atoms with E-state index >= 15 is 0 Å². The summed E-state index contributed by atoms with van der Waals surface area (Å²) in [5, 5.41) is 3.35. The molecule has 1 aromatic heterocycles. The normalized spacial score (nSPS) is 13.0. The van der Waals surface area contributed by atoms with Gasteiger partial charge >= 0.3 is 6.09 Å². The average molecular weight is 296 g/mol.